The fourth-order valence-electron chi connectivity index (χ4n) is 3.73. The summed E-state index contributed by atoms with van der Waals surface area (Å²) in [6.07, 6.45) is 0.210. The Morgan fingerprint density at radius 1 is 1.23 bits per heavy atom. The smallest absolute Gasteiger partial charge is 0.228 e. The summed E-state index contributed by atoms with van der Waals surface area (Å²) in [6, 6.07) is 18.2. The van der Waals surface area contributed by atoms with Gasteiger partial charge in [0.15, 0.2) is 5.13 Å². The van der Waals surface area contributed by atoms with E-state index in [1.165, 1.54) is 16.9 Å². The standard InChI is InChI=1S/C24H27N3O3S/c1-17-23(19-8-10-20(29-2)11-9-19)26-24(31-17)25-22(28)14-21-16-27(12-13-30-21)15-18-6-4-3-5-7-18/h3-11,21H,12-16H2,1-2H3,(H,25,26,28). The van der Waals surface area contributed by atoms with Crippen LogP contribution in [0.15, 0.2) is 54.6 Å². The first-order valence-corrected chi connectivity index (χ1v) is 11.2. The van der Waals surface area contributed by atoms with Crippen molar-refractivity contribution in [2.75, 3.05) is 32.1 Å². The quantitative estimate of drug-likeness (QED) is 0.595. The van der Waals surface area contributed by atoms with E-state index in [1.807, 2.05) is 37.3 Å². The zero-order valence-corrected chi connectivity index (χ0v) is 18.7. The predicted molar refractivity (Wildman–Crippen MR) is 124 cm³/mol. The van der Waals surface area contributed by atoms with Gasteiger partial charge in [-0.15, -0.1) is 11.3 Å². The van der Waals surface area contributed by atoms with Crippen LogP contribution in [0.25, 0.3) is 11.3 Å². The van der Waals surface area contributed by atoms with Gasteiger partial charge in [0.2, 0.25) is 5.91 Å². The first kappa shape index (κ1) is 21.5. The number of rotatable bonds is 7. The summed E-state index contributed by atoms with van der Waals surface area (Å²) in [6.45, 7) is 5.15. The van der Waals surface area contributed by atoms with E-state index < -0.39 is 0 Å². The average molecular weight is 438 g/mol. The van der Waals surface area contributed by atoms with Gasteiger partial charge in [-0.25, -0.2) is 4.98 Å². The molecule has 1 atom stereocenters. The molecule has 1 N–H and O–H groups in total. The Labute approximate surface area is 186 Å². The topological polar surface area (TPSA) is 63.7 Å². The van der Waals surface area contributed by atoms with Gasteiger partial charge in [-0.05, 0) is 36.8 Å². The monoisotopic (exact) mass is 437 g/mol. The van der Waals surface area contributed by atoms with Crippen molar-refractivity contribution in [3.63, 3.8) is 0 Å². The molecular weight excluding hydrogens is 410 g/mol. The van der Waals surface area contributed by atoms with Crippen LogP contribution in [0, 0.1) is 6.92 Å². The Hall–Kier alpha value is -2.74. The molecule has 0 saturated carbocycles. The van der Waals surface area contributed by atoms with E-state index in [4.69, 9.17) is 9.47 Å². The molecule has 4 rings (SSSR count). The number of anilines is 1. The van der Waals surface area contributed by atoms with Crippen LogP contribution >= 0.6 is 11.3 Å². The highest BCUT2D eigenvalue weighted by atomic mass is 32.1. The van der Waals surface area contributed by atoms with Gasteiger partial charge in [-0.1, -0.05) is 30.3 Å². The molecule has 31 heavy (non-hydrogen) atoms. The Morgan fingerprint density at radius 2 is 2.00 bits per heavy atom. The van der Waals surface area contributed by atoms with Crippen molar-refractivity contribution in [1.82, 2.24) is 9.88 Å². The first-order chi connectivity index (χ1) is 15.1. The van der Waals surface area contributed by atoms with Gasteiger partial charge in [-0.2, -0.15) is 0 Å². The number of ether oxygens (including phenoxy) is 2. The maximum absolute atomic E-state index is 12.6. The molecule has 0 bridgehead atoms. The molecule has 1 unspecified atom stereocenters. The molecule has 3 aromatic rings. The van der Waals surface area contributed by atoms with Crippen molar-refractivity contribution in [3.05, 3.63) is 65.0 Å². The number of benzene rings is 2. The Bertz CT molecular complexity index is 1000. The van der Waals surface area contributed by atoms with Crippen LogP contribution < -0.4 is 10.1 Å². The van der Waals surface area contributed by atoms with Gasteiger partial charge in [-0.3, -0.25) is 9.69 Å². The number of nitrogens with one attached hydrogen (secondary N) is 1. The Kier molecular flexibility index (Phi) is 6.96. The lowest BCUT2D eigenvalue weighted by molar-refractivity contribution is -0.121. The second-order valence-corrected chi connectivity index (χ2v) is 8.82. The summed E-state index contributed by atoms with van der Waals surface area (Å²) in [7, 11) is 1.65. The number of carbonyl (C=O) groups is 1. The molecule has 0 radical (unpaired) electrons. The zero-order valence-electron chi connectivity index (χ0n) is 17.8. The number of hydrogen-bond donors (Lipinski definition) is 1. The van der Waals surface area contributed by atoms with E-state index in [-0.39, 0.29) is 12.0 Å². The van der Waals surface area contributed by atoms with Crippen molar-refractivity contribution in [2.45, 2.75) is 26.0 Å². The number of methoxy groups -OCH3 is 1. The lowest BCUT2D eigenvalue weighted by Gasteiger charge is -2.32. The van der Waals surface area contributed by atoms with Gasteiger partial charge in [0, 0.05) is 30.1 Å². The highest BCUT2D eigenvalue weighted by Gasteiger charge is 2.23. The minimum Gasteiger partial charge on any atom is -0.497 e. The molecule has 1 aliphatic rings. The lowest BCUT2D eigenvalue weighted by Crippen LogP contribution is -2.43. The third-order valence-corrected chi connectivity index (χ3v) is 6.18. The molecule has 1 fully saturated rings. The Morgan fingerprint density at radius 3 is 2.74 bits per heavy atom. The minimum atomic E-state index is -0.111. The second kappa shape index (κ2) is 10.0. The molecule has 2 aromatic carbocycles. The molecule has 1 saturated heterocycles. The second-order valence-electron chi connectivity index (χ2n) is 7.62. The highest BCUT2D eigenvalue weighted by molar-refractivity contribution is 7.16. The number of aryl methyl sites for hydroxylation is 1. The van der Waals surface area contributed by atoms with Crippen LogP contribution in [-0.2, 0) is 16.1 Å². The molecule has 6 nitrogen and oxygen atoms in total. The molecule has 1 aromatic heterocycles. The average Bonchev–Trinajstić information content (AvgIpc) is 3.14. The fraction of sp³-hybridized carbons (Fsp3) is 0.333. The lowest BCUT2D eigenvalue weighted by atomic mass is 10.1. The molecule has 0 spiro atoms. The summed E-state index contributed by atoms with van der Waals surface area (Å²) in [5.41, 5.74) is 3.16. The van der Waals surface area contributed by atoms with E-state index >= 15 is 0 Å². The van der Waals surface area contributed by atoms with Crippen molar-refractivity contribution >= 4 is 22.4 Å². The van der Waals surface area contributed by atoms with Crippen molar-refractivity contribution in [2.24, 2.45) is 0 Å². The van der Waals surface area contributed by atoms with E-state index in [0.717, 1.165) is 41.5 Å². The van der Waals surface area contributed by atoms with E-state index in [0.29, 0.717) is 18.2 Å². The maximum atomic E-state index is 12.6. The van der Waals surface area contributed by atoms with Gasteiger partial charge in [0.25, 0.3) is 0 Å². The number of thiazole rings is 1. The van der Waals surface area contributed by atoms with Crippen LogP contribution in [0.4, 0.5) is 5.13 Å². The molecular formula is C24H27N3O3S. The van der Waals surface area contributed by atoms with Crippen molar-refractivity contribution < 1.29 is 14.3 Å². The summed E-state index contributed by atoms with van der Waals surface area (Å²) in [5, 5.41) is 3.57. The van der Waals surface area contributed by atoms with Gasteiger partial charge in [0.1, 0.15) is 5.75 Å². The number of carbonyl (C=O) groups excluding carboxylic acids is 1. The minimum absolute atomic E-state index is 0.0680. The van der Waals surface area contributed by atoms with Gasteiger partial charge >= 0.3 is 0 Å². The van der Waals surface area contributed by atoms with E-state index in [1.54, 1.807) is 7.11 Å². The first-order valence-electron chi connectivity index (χ1n) is 10.4. The van der Waals surface area contributed by atoms with Crippen LogP contribution in [0.2, 0.25) is 0 Å². The number of amides is 1. The van der Waals surface area contributed by atoms with Crippen LogP contribution in [0.5, 0.6) is 5.75 Å². The molecule has 7 heteroatoms. The summed E-state index contributed by atoms with van der Waals surface area (Å²) in [5.74, 6) is 0.737. The summed E-state index contributed by atoms with van der Waals surface area (Å²) in [4.78, 5) is 20.7. The van der Waals surface area contributed by atoms with Crippen LogP contribution in [-0.4, -0.2) is 48.7 Å². The highest BCUT2D eigenvalue weighted by Crippen LogP contribution is 2.31. The molecule has 2 heterocycles. The van der Waals surface area contributed by atoms with Crippen molar-refractivity contribution in [1.29, 1.82) is 0 Å². The third-order valence-electron chi connectivity index (χ3n) is 5.29. The molecule has 1 aliphatic heterocycles. The number of aromatic nitrogens is 1. The van der Waals surface area contributed by atoms with Crippen LogP contribution in [0.1, 0.15) is 16.9 Å². The number of hydrogen-bond acceptors (Lipinski definition) is 6. The summed E-state index contributed by atoms with van der Waals surface area (Å²) >= 11 is 1.49. The SMILES string of the molecule is COc1ccc(-c2nc(NC(=O)CC3CN(Cc4ccccc4)CCO3)sc2C)cc1. The predicted octanol–water partition coefficient (Wildman–Crippen LogP) is 4.36. The molecule has 162 valence electrons. The van der Waals surface area contributed by atoms with E-state index in [9.17, 15) is 4.79 Å². The molecule has 1 amide bonds. The van der Waals surface area contributed by atoms with Crippen LogP contribution in [0.3, 0.4) is 0 Å². The largest absolute Gasteiger partial charge is 0.497 e. The third kappa shape index (κ3) is 5.70. The Balaban J connectivity index is 1.33. The summed E-state index contributed by atoms with van der Waals surface area (Å²) < 4.78 is 11.1. The molecule has 0 aliphatic carbocycles. The fourth-order valence-corrected chi connectivity index (χ4v) is 4.58. The van der Waals surface area contributed by atoms with Gasteiger partial charge in [0.05, 0.1) is 31.9 Å². The zero-order chi connectivity index (χ0) is 21.6. The number of morpholine rings is 1. The normalized spacial score (nSPS) is 16.8. The maximum Gasteiger partial charge on any atom is 0.228 e. The van der Waals surface area contributed by atoms with Gasteiger partial charge < -0.3 is 14.8 Å². The van der Waals surface area contributed by atoms with E-state index in [2.05, 4.69) is 39.5 Å². The number of nitrogens with zero attached hydrogens (tertiary/aromatic N) is 2. The van der Waals surface area contributed by atoms with Crippen molar-refractivity contribution in [3.8, 4) is 17.0 Å².